The lowest BCUT2D eigenvalue weighted by Crippen LogP contribution is -2.32. The van der Waals surface area contributed by atoms with Crippen LogP contribution in [0.5, 0.6) is 0 Å². The minimum Gasteiger partial charge on any atom is -0.372 e. The topological polar surface area (TPSA) is 24.5 Å². The Kier molecular flexibility index (Phi) is 6.31. The van der Waals surface area contributed by atoms with E-state index in [-0.39, 0.29) is 0 Å². The maximum absolute atomic E-state index is 6.07. The van der Waals surface area contributed by atoms with E-state index in [1.165, 1.54) is 17.7 Å². The molecule has 0 amide bonds. The average molecular weight is 282 g/mol. The van der Waals surface area contributed by atoms with Crippen molar-refractivity contribution in [2.45, 2.75) is 38.4 Å². The van der Waals surface area contributed by atoms with Crippen molar-refractivity contribution in [1.29, 1.82) is 0 Å². The van der Waals surface area contributed by atoms with E-state index in [2.05, 4.69) is 41.7 Å². The van der Waals surface area contributed by atoms with Crippen LogP contribution in [-0.4, -0.2) is 50.3 Å². The van der Waals surface area contributed by atoms with Gasteiger partial charge < -0.3 is 15.0 Å². The Morgan fingerprint density at radius 1 is 1.42 bits per heavy atom. The van der Waals surface area contributed by atoms with Gasteiger partial charge in [-0.25, -0.2) is 0 Å². The van der Waals surface area contributed by atoms with Gasteiger partial charge in [0, 0.05) is 24.5 Å². The third-order valence-corrected chi connectivity index (χ3v) is 4.59. The molecule has 108 valence electrons. The molecule has 0 aliphatic carbocycles. The number of thiophene rings is 1. The van der Waals surface area contributed by atoms with Gasteiger partial charge in [0.15, 0.2) is 0 Å². The number of hydrogen-bond acceptors (Lipinski definition) is 4. The summed E-state index contributed by atoms with van der Waals surface area (Å²) in [6.45, 7) is 6.37. The van der Waals surface area contributed by atoms with Crippen LogP contribution in [0.1, 0.15) is 24.6 Å². The predicted molar refractivity (Wildman–Crippen MR) is 82.0 cm³/mol. The van der Waals surface area contributed by atoms with Crippen molar-refractivity contribution in [3.05, 3.63) is 22.4 Å². The highest BCUT2D eigenvalue weighted by atomic mass is 32.1. The first-order valence-electron chi connectivity index (χ1n) is 7.35. The molecule has 0 bridgehead atoms. The fourth-order valence-electron chi connectivity index (χ4n) is 2.56. The van der Waals surface area contributed by atoms with Gasteiger partial charge in [-0.2, -0.15) is 0 Å². The second-order valence-electron chi connectivity index (χ2n) is 5.36. The number of rotatable bonds is 8. The molecule has 1 aliphatic heterocycles. The highest BCUT2D eigenvalue weighted by Crippen LogP contribution is 2.20. The Hall–Kier alpha value is -0.420. The minimum absolute atomic E-state index is 0.427. The van der Waals surface area contributed by atoms with Gasteiger partial charge in [0.05, 0.1) is 12.2 Å². The largest absolute Gasteiger partial charge is 0.372 e. The van der Waals surface area contributed by atoms with E-state index in [4.69, 9.17) is 4.74 Å². The molecule has 4 heteroatoms. The van der Waals surface area contributed by atoms with Gasteiger partial charge in [-0.1, -0.05) is 13.0 Å². The molecule has 2 unspecified atom stereocenters. The summed E-state index contributed by atoms with van der Waals surface area (Å²) in [6, 6.07) is 4.35. The van der Waals surface area contributed by atoms with Crippen LogP contribution in [-0.2, 0) is 11.2 Å². The first kappa shape index (κ1) is 15.0. The van der Waals surface area contributed by atoms with E-state index in [0.29, 0.717) is 12.2 Å². The number of likely N-dealkylation sites (N-methyl/N-ethyl adjacent to an activating group) is 2. The Morgan fingerprint density at radius 3 is 3.00 bits per heavy atom. The lowest BCUT2D eigenvalue weighted by molar-refractivity contribution is 0.0284. The highest BCUT2D eigenvalue weighted by Gasteiger charge is 2.25. The monoisotopic (exact) mass is 282 g/mol. The zero-order valence-corrected chi connectivity index (χ0v) is 12.9. The summed E-state index contributed by atoms with van der Waals surface area (Å²) in [7, 11) is 2.20. The second-order valence-corrected chi connectivity index (χ2v) is 6.39. The van der Waals surface area contributed by atoms with Crippen molar-refractivity contribution in [2.75, 3.05) is 33.2 Å². The maximum Gasteiger partial charge on any atom is 0.0707 e. The fraction of sp³-hybridized carbons (Fsp3) is 0.733. The molecule has 1 saturated heterocycles. The molecule has 1 fully saturated rings. The van der Waals surface area contributed by atoms with Gasteiger partial charge in [-0.15, -0.1) is 11.3 Å². The number of nitrogens with one attached hydrogen (secondary N) is 1. The van der Waals surface area contributed by atoms with Crippen LogP contribution in [0, 0.1) is 0 Å². The molecule has 1 aromatic rings. The van der Waals surface area contributed by atoms with Crippen LogP contribution in [0.3, 0.4) is 0 Å². The molecule has 0 saturated carbocycles. The molecule has 2 rings (SSSR count). The average Bonchev–Trinajstić information content (AvgIpc) is 3.05. The smallest absolute Gasteiger partial charge is 0.0707 e. The maximum atomic E-state index is 6.07. The first-order valence-corrected chi connectivity index (χ1v) is 8.23. The molecule has 0 aromatic carbocycles. The summed E-state index contributed by atoms with van der Waals surface area (Å²) >= 11 is 1.85. The van der Waals surface area contributed by atoms with E-state index >= 15 is 0 Å². The van der Waals surface area contributed by atoms with E-state index in [1.807, 2.05) is 11.3 Å². The van der Waals surface area contributed by atoms with Crippen LogP contribution >= 0.6 is 11.3 Å². The predicted octanol–water partition coefficient (Wildman–Crippen LogP) is 2.38. The van der Waals surface area contributed by atoms with Crippen LogP contribution in [0.2, 0.25) is 0 Å². The van der Waals surface area contributed by atoms with Crippen molar-refractivity contribution in [3.8, 4) is 0 Å². The van der Waals surface area contributed by atoms with E-state index in [1.54, 1.807) is 0 Å². The van der Waals surface area contributed by atoms with Crippen molar-refractivity contribution in [2.24, 2.45) is 0 Å². The molecule has 3 nitrogen and oxygen atoms in total. The summed E-state index contributed by atoms with van der Waals surface area (Å²) < 4.78 is 6.07. The Balaban J connectivity index is 1.61. The number of hydrogen-bond donors (Lipinski definition) is 1. The number of ether oxygens (including phenoxy) is 1. The molecule has 0 radical (unpaired) electrons. The van der Waals surface area contributed by atoms with Gasteiger partial charge >= 0.3 is 0 Å². The van der Waals surface area contributed by atoms with Gasteiger partial charge in [0.1, 0.15) is 0 Å². The SMILES string of the molecule is CCNCC1CCC(CN(C)CCc2cccs2)O1. The molecule has 19 heavy (non-hydrogen) atoms. The van der Waals surface area contributed by atoms with Crippen LogP contribution in [0.4, 0.5) is 0 Å². The molecule has 0 spiro atoms. The van der Waals surface area contributed by atoms with Crippen LogP contribution < -0.4 is 5.32 Å². The minimum atomic E-state index is 0.427. The standard InChI is InChI=1S/C15H26N2OS/c1-3-16-11-13-6-7-14(18-13)12-17(2)9-8-15-5-4-10-19-15/h4-5,10,13-14,16H,3,6-9,11-12H2,1-2H3. The van der Waals surface area contributed by atoms with Gasteiger partial charge in [-0.3, -0.25) is 0 Å². The molecular formula is C15H26N2OS. The summed E-state index contributed by atoms with van der Waals surface area (Å²) in [5.74, 6) is 0. The van der Waals surface area contributed by atoms with Gasteiger partial charge in [0.2, 0.25) is 0 Å². The fourth-order valence-corrected chi connectivity index (χ4v) is 3.26. The summed E-state index contributed by atoms with van der Waals surface area (Å²) in [5.41, 5.74) is 0. The van der Waals surface area contributed by atoms with Crippen molar-refractivity contribution in [3.63, 3.8) is 0 Å². The van der Waals surface area contributed by atoms with E-state index in [0.717, 1.165) is 32.6 Å². The van der Waals surface area contributed by atoms with Gasteiger partial charge in [-0.05, 0) is 44.3 Å². The van der Waals surface area contributed by atoms with Crippen molar-refractivity contribution >= 4 is 11.3 Å². The van der Waals surface area contributed by atoms with Gasteiger partial charge in [0.25, 0.3) is 0 Å². The van der Waals surface area contributed by atoms with Crippen molar-refractivity contribution < 1.29 is 4.74 Å². The highest BCUT2D eigenvalue weighted by molar-refractivity contribution is 7.09. The zero-order chi connectivity index (χ0) is 13.5. The lowest BCUT2D eigenvalue weighted by Gasteiger charge is -2.21. The molecule has 1 aromatic heterocycles. The van der Waals surface area contributed by atoms with E-state index in [9.17, 15) is 0 Å². The zero-order valence-electron chi connectivity index (χ0n) is 12.1. The third kappa shape index (κ3) is 5.22. The molecule has 1 aliphatic rings. The molecule has 2 atom stereocenters. The van der Waals surface area contributed by atoms with Crippen molar-refractivity contribution in [1.82, 2.24) is 10.2 Å². The second kappa shape index (κ2) is 8.00. The third-order valence-electron chi connectivity index (χ3n) is 3.65. The van der Waals surface area contributed by atoms with E-state index < -0.39 is 0 Å². The normalized spacial score (nSPS) is 23.3. The Bertz CT molecular complexity index is 342. The summed E-state index contributed by atoms with van der Waals surface area (Å²) in [6.07, 6.45) is 4.42. The quantitative estimate of drug-likeness (QED) is 0.792. The molecule has 1 N–H and O–H groups in total. The first-order chi connectivity index (χ1) is 9.28. The Morgan fingerprint density at radius 2 is 2.26 bits per heavy atom. The van der Waals surface area contributed by atoms with Crippen LogP contribution in [0.25, 0.3) is 0 Å². The van der Waals surface area contributed by atoms with Crippen LogP contribution in [0.15, 0.2) is 17.5 Å². The Labute approximate surface area is 121 Å². The summed E-state index contributed by atoms with van der Waals surface area (Å²) in [5, 5.41) is 5.52. The lowest BCUT2D eigenvalue weighted by atomic mass is 10.2. The molecule has 2 heterocycles. The summed E-state index contributed by atoms with van der Waals surface area (Å²) in [4.78, 5) is 3.88. The molecular weight excluding hydrogens is 256 g/mol. The number of nitrogens with zero attached hydrogens (tertiary/aromatic N) is 1.